The number of halogens is 1. The summed E-state index contributed by atoms with van der Waals surface area (Å²) in [5.41, 5.74) is 4.40. The topological polar surface area (TPSA) is 68.7 Å². The molecule has 0 bridgehead atoms. The number of carbonyl (C=O) groups is 1. The van der Waals surface area contributed by atoms with Crippen molar-refractivity contribution in [2.24, 2.45) is 0 Å². The molecular formula is C31H30ClNO4. The Labute approximate surface area is 222 Å². The van der Waals surface area contributed by atoms with Crippen LogP contribution >= 0.6 is 11.6 Å². The summed E-state index contributed by atoms with van der Waals surface area (Å²) in [5.74, 6) is 0.396. The Morgan fingerprint density at radius 2 is 1.68 bits per heavy atom. The second-order valence-corrected chi connectivity index (χ2v) is 9.19. The van der Waals surface area contributed by atoms with E-state index in [-0.39, 0.29) is 5.56 Å². The molecule has 3 aromatic carbocycles. The third kappa shape index (κ3) is 7.34. The number of aryl methyl sites for hydroxylation is 2. The van der Waals surface area contributed by atoms with Gasteiger partial charge in [0.05, 0.1) is 23.6 Å². The van der Waals surface area contributed by atoms with Crippen molar-refractivity contribution in [3.63, 3.8) is 0 Å². The van der Waals surface area contributed by atoms with Gasteiger partial charge in [-0.3, -0.25) is 4.98 Å². The molecule has 1 aromatic heterocycles. The van der Waals surface area contributed by atoms with Crippen molar-refractivity contribution in [2.75, 3.05) is 6.61 Å². The molecule has 0 aliphatic heterocycles. The van der Waals surface area contributed by atoms with E-state index in [4.69, 9.17) is 26.1 Å². The highest BCUT2D eigenvalue weighted by atomic mass is 35.5. The van der Waals surface area contributed by atoms with Crippen LogP contribution in [-0.4, -0.2) is 22.7 Å². The number of benzene rings is 3. The lowest BCUT2D eigenvalue weighted by atomic mass is 10.0. The minimum absolute atomic E-state index is 0.188. The summed E-state index contributed by atoms with van der Waals surface area (Å²) in [6.07, 6.45) is 3.25. The molecule has 1 heterocycles. The Kier molecular flexibility index (Phi) is 9.17. The smallest absolute Gasteiger partial charge is 0.337 e. The molecule has 0 fully saturated rings. The quantitative estimate of drug-likeness (QED) is 0.196. The molecule has 4 aromatic rings. The zero-order chi connectivity index (χ0) is 26.0. The average molecular weight is 516 g/mol. The molecule has 4 rings (SSSR count). The predicted octanol–water partition coefficient (Wildman–Crippen LogP) is 7.64. The minimum atomic E-state index is -1.00. The maximum absolute atomic E-state index is 11.9. The summed E-state index contributed by atoms with van der Waals surface area (Å²) in [7, 11) is 0. The standard InChI is InChI=1S/C31H30ClNO4/c1-2-7-22-11-14-25(15-12-22)36-19-6-10-28-27(31(34)35)17-18-29(33-28)26-16-13-24(32)20-30(26)37-21-23-8-4-3-5-9-23/h3-5,8-9,11-18,20H,2,6-7,10,19,21H2,1H3,(H,34,35). The van der Waals surface area contributed by atoms with Gasteiger partial charge in [-0.1, -0.05) is 67.4 Å². The van der Waals surface area contributed by atoms with Crippen LogP contribution in [0.3, 0.4) is 0 Å². The average Bonchev–Trinajstić information content (AvgIpc) is 2.91. The maximum Gasteiger partial charge on any atom is 0.337 e. The van der Waals surface area contributed by atoms with E-state index in [2.05, 4.69) is 19.1 Å². The number of aromatic nitrogens is 1. The maximum atomic E-state index is 11.9. The van der Waals surface area contributed by atoms with E-state index in [1.165, 1.54) is 5.56 Å². The Balaban J connectivity index is 1.48. The molecule has 0 unspecified atom stereocenters. The predicted molar refractivity (Wildman–Crippen MR) is 147 cm³/mol. The second-order valence-electron chi connectivity index (χ2n) is 8.76. The van der Waals surface area contributed by atoms with Gasteiger partial charge in [0.2, 0.25) is 0 Å². The largest absolute Gasteiger partial charge is 0.494 e. The Hall–Kier alpha value is -3.83. The zero-order valence-electron chi connectivity index (χ0n) is 20.8. The summed E-state index contributed by atoms with van der Waals surface area (Å²) in [5, 5.41) is 10.3. The number of carboxylic acid groups (broad SMARTS) is 1. The summed E-state index contributed by atoms with van der Waals surface area (Å²) < 4.78 is 12.0. The van der Waals surface area contributed by atoms with Crippen LogP contribution in [-0.2, 0) is 19.4 Å². The van der Waals surface area contributed by atoms with Crippen molar-refractivity contribution in [1.29, 1.82) is 0 Å². The number of aromatic carboxylic acids is 1. The molecular weight excluding hydrogens is 486 g/mol. The van der Waals surface area contributed by atoms with Gasteiger partial charge < -0.3 is 14.6 Å². The van der Waals surface area contributed by atoms with Crippen LogP contribution in [0.1, 0.15) is 46.9 Å². The highest BCUT2D eigenvalue weighted by Gasteiger charge is 2.16. The van der Waals surface area contributed by atoms with Crippen molar-refractivity contribution >= 4 is 17.6 Å². The van der Waals surface area contributed by atoms with Crippen LogP contribution in [0.5, 0.6) is 11.5 Å². The van der Waals surface area contributed by atoms with Gasteiger partial charge in [-0.15, -0.1) is 0 Å². The summed E-state index contributed by atoms with van der Waals surface area (Å²) in [6, 6.07) is 26.7. The van der Waals surface area contributed by atoms with E-state index in [0.29, 0.717) is 48.2 Å². The Morgan fingerprint density at radius 3 is 2.41 bits per heavy atom. The van der Waals surface area contributed by atoms with Crippen molar-refractivity contribution in [2.45, 2.75) is 39.2 Å². The van der Waals surface area contributed by atoms with Crippen LogP contribution in [0.25, 0.3) is 11.3 Å². The minimum Gasteiger partial charge on any atom is -0.494 e. The van der Waals surface area contributed by atoms with Crippen molar-refractivity contribution in [1.82, 2.24) is 4.98 Å². The monoisotopic (exact) mass is 515 g/mol. The molecule has 37 heavy (non-hydrogen) atoms. The van der Waals surface area contributed by atoms with Gasteiger partial charge in [0.25, 0.3) is 0 Å². The van der Waals surface area contributed by atoms with E-state index in [1.54, 1.807) is 24.3 Å². The van der Waals surface area contributed by atoms with Crippen LogP contribution in [0, 0.1) is 0 Å². The lowest BCUT2D eigenvalue weighted by molar-refractivity contribution is 0.0695. The highest BCUT2D eigenvalue weighted by molar-refractivity contribution is 6.30. The first-order valence-electron chi connectivity index (χ1n) is 12.4. The van der Waals surface area contributed by atoms with Crippen molar-refractivity contribution in [3.8, 4) is 22.8 Å². The summed E-state index contributed by atoms with van der Waals surface area (Å²) >= 11 is 6.25. The van der Waals surface area contributed by atoms with Gasteiger partial charge in [-0.05, 0) is 72.9 Å². The number of rotatable bonds is 12. The van der Waals surface area contributed by atoms with Crippen LogP contribution < -0.4 is 9.47 Å². The number of nitrogens with zero attached hydrogens (tertiary/aromatic N) is 1. The van der Waals surface area contributed by atoms with Gasteiger partial charge >= 0.3 is 5.97 Å². The fraction of sp³-hybridized carbons (Fsp3) is 0.226. The number of carboxylic acids is 1. The fourth-order valence-electron chi connectivity index (χ4n) is 4.07. The molecule has 0 aliphatic rings. The lowest BCUT2D eigenvalue weighted by Crippen LogP contribution is -2.08. The van der Waals surface area contributed by atoms with Crippen molar-refractivity contribution in [3.05, 3.63) is 112 Å². The molecule has 0 saturated carbocycles. The zero-order valence-corrected chi connectivity index (χ0v) is 21.6. The molecule has 0 spiro atoms. The van der Waals surface area contributed by atoms with Crippen molar-refractivity contribution < 1.29 is 19.4 Å². The molecule has 0 radical (unpaired) electrons. The fourth-order valence-corrected chi connectivity index (χ4v) is 4.23. The first kappa shape index (κ1) is 26.2. The Morgan fingerprint density at radius 1 is 0.892 bits per heavy atom. The van der Waals surface area contributed by atoms with Gasteiger partial charge in [0, 0.05) is 10.6 Å². The van der Waals surface area contributed by atoms with Crippen LogP contribution in [0.15, 0.2) is 84.9 Å². The van der Waals surface area contributed by atoms with E-state index >= 15 is 0 Å². The Bertz CT molecular complexity index is 1320. The second kappa shape index (κ2) is 12.9. The molecule has 0 saturated heterocycles. The summed E-state index contributed by atoms with van der Waals surface area (Å²) in [6.45, 7) is 3.00. The first-order chi connectivity index (χ1) is 18.0. The molecule has 0 amide bonds. The first-order valence-corrected chi connectivity index (χ1v) is 12.8. The van der Waals surface area contributed by atoms with E-state index in [1.807, 2.05) is 48.5 Å². The molecule has 190 valence electrons. The number of ether oxygens (including phenoxy) is 2. The molecule has 5 nitrogen and oxygen atoms in total. The number of hydrogen-bond donors (Lipinski definition) is 1. The molecule has 1 N–H and O–H groups in total. The molecule has 0 atom stereocenters. The molecule has 0 aliphatic carbocycles. The third-order valence-electron chi connectivity index (χ3n) is 5.95. The third-order valence-corrected chi connectivity index (χ3v) is 6.19. The normalized spacial score (nSPS) is 10.8. The highest BCUT2D eigenvalue weighted by Crippen LogP contribution is 2.33. The lowest BCUT2D eigenvalue weighted by Gasteiger charge is -2.14. The van der Waals surface area contributed by atoms with E-state index in [0.717, 1.165) is 29.7 Å². The SMILES string of the molecule is CCCc1ccc(OCCCc2nc(-c3ccc(Cl)cc3OCc3ccccc3)ccc2C(=O)O)cc1. The van der Waals surface area contributed by atoms with E-state index < -0.39 is 5.97 Å². The number of pyridine rings is 1. The van der Waals surface area contributed by atoms with Gasteiger partial charge in [-0.2, -0.15) is 0 Å². The van der Waals surface area contributed by atoms with Gasteiger partial charge in [-0.25, -0.2) is 4.79 Å². The van der Waals surface area contributed by atoms with Gasteiger partial charge in [0.1, 0.15) is 18.1 Å². The van der Waals surface area contributed by atoms with E-state index in [9.17, 15) is 9.90 Å². The molecule has 6 heteroatoms. The van der Waals surface area contributed by atoms with Crippen LogP contribution in [0.4, 0.5) is 0 Å². The summed E-state index contributed by atoms with van der Waals surface area (Å²) in [4.78, 5) is 16.6. The van der Waals surface area contributed by atoms with Crippen LogP contribution in [0.2, 0.25) is 5.02 Å². The van der Waals surface area contributed by atoms with Gasteiger partial charge in [0.15, 0.2) is 0 Å². The number of hydrogen-bond acceptors (Lipinski definition) is 4.